The van der Waals surface area contributed by atoms with Gasteiger partial charge >= 0.3 is 0 Å². The molecule has 0 atom stereocenters. The SMILES string of the molecule is Fc1ccc2[nH]c(-c3ccccn3)cc2c1. The van der Waals surface area contributed by atoms with Crippen LogP contribution in [0, 0.1) is 5.82 Å². The van der Waals surface area contributed by atoms with Crippen LogP contribution in [-0.2, 0) is 0 Å². The summed E-state index contributed by atoms with van der Waals surface area (Å²) in [5.74, 6) is -0.223. The first-order valence-corrected chi connectivity index (χ1v) is 5.02. The lowest BCUT2D eigenvalue weighted by Crippen LogP contribution is -1.80. The molecule has 0 amide bonds. The van der Waals surface area contributed by atoms with Gasteiger partial charge in [0, 0.05) is 17.1 Å². The third-order valence-electron chi connectivity index (χ3n) is 2.52. The van der Waals surface area contributed by atoms with Gasteiger partial charge in [0.05, 0.1) is 11.4 Å². The van der Waals surface area contributed by atoms with Crippen molar-refractivity contribution in [3.8, 4) is 11.4 Å². The Morgan fingerprint density at radius 2 is 2.00 bits per heavy atom. The van der Waals surface area contributed by atoms with E-state index in [0.717, 1.165) is 22.3 Å². The number of benzene rings is 1. The maximum absolute atomic E-state index is 13.0. The average Bonchev–Trinajstić information content (AvgIpc) is 2.73. The Hall–Kier alpha value is -2.16. The van der Waals surface area contributed by atoms with Gasteiger partial charge in [-0.15, -0.1) is 0 Å². The minimum atomic E-state index is -0.223. The Balaban J connectivity index is 2.19. The monoisotopic (exact) mass is 212 g/mol. The van der Waals surface area contributed by atoms with Crippen LogP contribution in [0.5, 0.6) is 0 Å². The van der Waals surface area contributed by atoms with E-state index in [9.17, 15) is 4.39 Å². The first-order chi connectivity index (χ1) is 7.83. The van der Waals surface area contributed by atoms with E-state index in [1.807, 2.05) is 24.3 Å². The molecule has 3 rings (SSSR count). The van der Waals surface area contributed by atoms with E-state index in [1.54, 1.807) is 12.3 Å². The van der Waals surface area contributed by atoms with E-state index >= 15 is 0 Å². The number of hydrogen-bond acceptors (Lipinski definition) is 1. The molecule has 16 heavy (non-hydrogen) atoms. The molecule has 3 heteroatoms. The van der Waals surface area contributed by atoms with Gasteiger partial charge in [-0.05, 0) is 36.4 Å². The molecule has 2 heterocycles. The van der Waals surface area contributed by atoms with Gasteiger partial charge in [0.15, 0.2) is 0 Å². The van der Waals surface area contributed by atoms with E-state index in [2.05, 4.69) is 9.97 Å². The van der Waals surface area contributed by atoms with Crippen LogP contribution in [0.25, 0.3) is 22.3 Å². The van der Waals surface area contributed by atoms with E-state index in [-0.39, 0.29) is 5.82 Å². The smallest absolute Gasteiger partial charge is 0.123 e. The molecule has 0 unspecified atom stereocenters. The topological polar surface area (TPSA) is 28.7 Å². The molecule has 0 aliphatic carbocycles. The third kappa shape index (κ3) is 1.46. The van der Waals surface area contributed by atoms with E-state index in [4.69, 9.17) is 0 Å². The number of rotatable bonds is 1. The van der Waals surface area contributed by atoms with Crippen molar-refractivity contribution in [1.29, 1.82) is 0 Å². The normalized spacial score (nSPS) is 10.8. The second kappa shape index (κ2) is 3.45. The van der Waals surface area contributed by atoms with Crippen molar-refractivity contribution in [2.75, 3.05) is 0 Å². The van der Waals surface area contributed by atoms with Crippen molar-refractivity contribution in [3.63, 3.8) is 0 Å². The van der Waals surface area contributed by atoms with Crippen molar-refractivity contribution in [2.45, 2.75) is 0 Å². The molecule has 0 saturated carbocycles. The second-order valence-electron chi connectivity index (χ2n) is 3.63. The third-order valence-corrected chi connectivity index (χ3v) is 2.52. The average molecular weight is 212 g/mol. The summed E-state index contributed by atoms with van der Waals surface area (Å²) in [6.07, 6.45) is 1.74. The quantitative estimate of drug-likeness (QED) is 0.658. The number of H-pyrrole nitrogens is 1. The zero-order chi connectivity index (χ0) is 11.0. The number of halogens is 1. The molecule has 78 valence electrons. The van der Waals surface area contributed by atoms with Gasteiger partial charge < -0.3 is 4.98 Å². The highest BCUT2D eigenvalue weighted by atomic mass is 19.1. The van der Waals surface area contributed by atoms with Gasteiger partial charge in [-0.3, -0.25) is 4.98 Å². The van der Waals surface area contributed by atoms with Crippen LogP contribution in [0.1, 0.15) is 0 Å². The van der Waals surface area contributed by atoms with Crippen LogP contribution in [0.15, 0.2) is 48.7 Å². The summed E-state index contributed by atoms with van der Waals surface area (Å²) < 4.78 is 13.0. The molecule has 0 bridgehead atoms. The molecule has 0 aliphatic rings. The maximum Gasteiger partial charge on any atom is 0.123 e. The molecule has 0 aliphatic heterocycles. The fourth-order valence-corrected chi connectivity index (χ4v) is 1.76. The van der Waals surface area contributed by atoms with Crippen LogP contribution in [0.3, 0.4) is 0 Å². The van der Waals surface area contributed by atoms with Crippen LogP contribution < -0.4 is 0 Å². The summed E-state index contributed by atoms with van der Waals surface area (Å²) in [5, 5.41) is 0.862. The van der Waals surface area contributed by atoms with Crippen molar-refractivity contribution < 1.29 is 4.39 Å². The van der Waals surface area contributed by atoms with Crippen LogP contribution in [-0.4, -0.2) is 9.97 Å². The molecule has 0 radical (unpaired) electrons. The molecule has 0 fully saturated rings. The standard InChI is InChI=1S/C13H9FN2/c14-10-4-5-11-9(7-10)8-13(16-11)12-3-1-2-6-15-12/h1-8,16H. The summed E-state index contributed by atoms with van der Waals surface area (Å²) in [6.45, 7) is 0. The van der Waals surface area contributed by atoms with Crippen molar-refractivity contribution in [3.05, 3.63) is 54.5 Å². The van der Waals surface area contributed by atoms with Gasteiger partial charge in [-0.1, -0.05) is 6.07 Å². The maximum atomic E-state index is 13.0. The van der Waals surface area contributed by atoms with Gasteiger partial charge in [-0.2, -0.15) is 0 Å². The molecule has 2 aromatic heterocycles. The number of aromatic nitrogens is 2. The van der Waals surface area contributed by atoms with Gasteiger partial charge in [0.25, 0.3) is 0 Å². The van der Waals surface area contributed by atoms with E-state index in [0.29, 0.717) is 0 Å². The minimum absolute atomic E-state index is 0.223. The van der Waals surface area contributed by atoms with Crippen LogP contribution in [0.4, 0.5) is 4.39 Å². The first kappa shape index (κ1) is 9.09. The fourth-order valence-electron chi connectivity index (χ4n) is 1.76. The number of hydrogen-bond donors (Lipinski definition) is 1. The van der Waals surface area contributed by atoms with Gasteiger partial charge in [0.1, 0.15) is 5.82 Å². The molecule has 0 spiro atoms. The Bertz CT molecular complexity index is 629. The summed E-state index contributed by atoms with van der Waals surface area (Å²) in [4.78, 5) is 7.45. The highest BCUT2D eigenvalue weighted by Crippen LogP contribution is 2.22. The highest BCUT2D eigenvalue weighted by Gasteiger charge is 2.04. The Kier molecular flexibility index (Phi) is 1.96. The molecule has 1 N–H and O–H groups in total. The lowest BCUT2D eigenvalue weighted by Gasteiger charge is -1.93. The summed E-state index contributed by atoms with van der Waals surface area (Å²) in [6, 6.07) is 12.3. The first-order valence-electron chi connectivity index (χ1n) is 5.02. The summed E-state index contributed by atoms with van der Waals surface area (Å²) >= 11 is 0. The van der Waals surface area contributed by atoms with Crippen molar-refractivity contribution in [2.24, 2.45) is 0 Å². The molecule has 0 saturated heterocycles. The van der Waals surface area contributed by atoms with E-state index < -0.39 is 0 Å². The second-order valence-corrected chi connectivity index (χ2v) is 3.63. The predicted molar refractivity (Wildman–Crippen MR) is 61.5 cm³/mol. The number of pyridine rings is 1. The lowest BCUT2D eigenvalue weighted by molar-refractivity contribution is 0.630. The Morgan fingerprint density at radius 1 is 1.06 bits per heavy atom. The number of nitrogens with one attached hydrogen (secondary N) is 1. The lowest BCUT2D eigenvalue weighted by atomic mass is 10.2. The summed E-state index contributed by atoms with van der Waals surface area (Å²) in [5.41, 5.74) is 2.68. The predicted octanol–water partition coefficient (Wildman–Crippen LogP) is 3.37. The molecule has 1 aromatic carbocycles. The summed E-state index contributed by atoms with van der Waals surface area (Å²) in [7, 11) is 0. The van der Waals surface area contributed by atoms with E-state index in [1.165, 1.54) is 12.1 Å². The van der Waals surface area contributed by atoms with Crippen LogP contribution >= 0.6 is 0 Å². The highest BCUT2D eigenvalue weighted by molar-refractivity contribution is 5.85. The molecular formula is C13H9FN2. The Morgan fingerprint density at radius 3 is 2.81 bits per heavy atom. The zero-order valence-corrected chi connectivity index (χ0v) is 8.44. The molecular weight excluding hydrogens is 203 g/mol. The Labute approximate surface area is 91.8 Å². The van der Waals surface area contributed by atoms with Crippen molar-refractivity contribution in [1.82, 2.24) is 9.97 Å². The molecule has 2 nitrogen and oxygen atoms in total. The van der Waals surface area contributed by atoms with Gasteiger partial charge in [-0.25, -0.2) is 4.39 Å². The number of nitrogens with zero attached hydrogens (tertiary/aromatic N) is 1. The minimum Gasteiger partial charge on any atom is -0.353 e. The number of aromatic amines is 1. The largest absolute Gasteiger partial charge is 0.353 e. The fraction of sp³-hybridized carbons (Fsp3) is 0. The van der Waals surface area contributed by atoms with Crippen LogP contribution in [0.2, 0.25) is 0 Å². The van der Waals surface area contributed by atoms with Crippen molar-refractivity contribution >= 4 is 10.9 Å². The number of fused-ring (bicyclic) bond motifs is 1. The zero-order valence-electron chi connectivity index (χ0n) is 8.44. The van der Waals surface area contributed by atoms with Gasteiger partial charge in [0.2, 0.25) is 0 Å². The molecule has 3 aromatic rings.